The van der Waals surface area contributed by atoms with Gasteiger partial charge in [0.1, 0.15) is 5.82 Å². The third-order valence-corrected chi connectivity index (χ3v) is 2.18. The zero-order valence-electron chi connectivity index (χ0n) is 8.48. The number of nitrogens with zero attached hydrogens (tertiary/aromatic N) is 4. The minimum Gasteiger partial charge on any atom is -0.313 e. The van der Waals surface area contributed by atoms with Gasteiger partial charge in [-0.2, -0.15) is 4.68 Å². The lowest BCUT2D eigenvalue weighted by Crippen LogP contribution is -2.12. The molecule has 0 aliphatic carbocycles. The molecule has 0 unspecified atom stereocenters. The molecule has 0 amide bonds. The summed E-state index contributed by atoms with van der Waals surface area (Å²) in [5.41, 5.74) is 0.500. The fourth-order valence-corrected chi connectivity index (χ4v) is 1.55. The Balaban J connectivity index is 2.45. The summed E-state index contributed by atoms with van der Waals surface area (Å²) in [5.74, 6) is 0.164. The summed E-state index contributed by atoms with van der Waals surface area (Å²) in [6.45, 7) is 0.487. The number of rotatable bonds is 3. The van der Waals surface area contributed by atoms with Crippen molar-refractivity contribution in [3.8, 4) is 5.69 Å². The number of hydrogen-bond acceptors (Lipinski definition) is 4. The number of halogens is 2. The molecule has 0 saturated carbocycles. The molecular formula is C9H9ClFN5. The zero-order chi connectivity index (χ0) is 11.5. The maximum absolute atomic E-state index is 13.2. The van der Waals surface area contributed by atoms with Crippen LogP contribution in [-0.2, 0) is 6.54 Å². The maximum Gasteiger partial charge on any atom is 0.170 e. The molecule has 0 aliphatic rings. The van der Waals surface area contributed by atoms with Crippen molar-refractivity contribution in [3.63, 3.8) is 0 Å². The van der Waals surface area contributed by atoms with Crippen molar-refractivity contribution in [2.45, 2.75) is 6.54 Å². The fraction of sp³-hybridized carbons (Fsp3) is 0.222. The van der Waals surface area contributed by atoms with E-state index in [1.54, 1.807) is 13.1 Å². The largest absolute Gasteiger partial charge is 0.313 e. The lowest BCUT2D eigenvalue weighted by Gasteiger charge is -2.04. The third kappa shape index (κ3) is 2.17. The molecule has 2 rings (SSSR count). The summed E-state index contributed by atoms with van der Waals surface area (Å²) < 4.78 is 14.6. The first-order valence-corrected chi connectivity index (χ1v) is 4.97. The van der Waals surface area contributed by atoms with Gasteiger partial charge < -0.3 is 5.32 Å². The van der Waals surface area contributed by atoms with Crippen molar-refractivity contribution in [3.05, 3.63) is 34.9 Å². The van der Waals surface area contributed by atoms with E-state index in [0.29, 0.717) is 23.1 Å². The summed E-state index contributed by atoms with van der Waals surface area (Å²) in [7, 11) is 1.78. The van der Waals surface area contributed by atoms with Crippen LogP contribution in [0, 0.1) is 5.82 Å². The second kappa shape index (κ2) is 4.54. The normalized spacial score (nSPS) is 10.7. The molecule has 1 heterocycles. The minimum absolute atomic E-state index is 0.306. The van der Waals surface area contributed by atoms with E-state index in [1.807, 2.05) is 0 Å². The van der Waals surface area contributed by atoms with Gasteiger partial charge in [0.15, 0.2) is 5.82 Å². The second-order valence-corrected chi connectivity index (χ2v) is 3.60. The molecule has 84 valence electrons. The lowest BCUT2D eigenvalue weighted by molar-refractivity contribution is 0.623. The van der Waals surface area contributed by atoms with Crippen LogP contribution in [0.25, 0.3) is 5.69 Å². The van der Waals surface area contributed by atoms with Crippen LogP contribution >= 0.6 is 11.6 Å². The summed E-state index contributed by atoms with van der Waals surface area (Å²) in [5, 5.41) is 14.4. The lowest BCUT2D eigenvalue weighted by atomic mass is 10.3. The van der Waals surface area contributed by atoms with Crippen LogP contribution in [0.4, 0.5) is 4.39 Å². The Labute approximate surface area is 96.2 Å². The average Bonchev–Trinajstić information content (AvgIpc) is 2.65. The summed E-state index contributed by atoms with van der Waals surface area (Å²) in [4.78, 5) is 0. The zero-order valence-corrected chi connectivity index (χ0v) is 9.24. The van der Waals surface area contributed by atoms with Gasteiger partial charge in [-0.1, -0.05) is 11.6 Å². The van der Waals surface area contributed by atoms with Crippen LogP contribution in [0.1, 0.15) is 5.82 Å². The molecule has 16 heavy (non-hydrogen) atoms. The van der Waals surface area contributed by atoms with E-state index in [2.05, 4.69) is 20.8 Å². The molecule has 0 spiro atoms. The first kappa shape index (κ1) is 11.0. The van der Waals surface area contributed by atoms with E-state index in [0.717, 1.165) is 0 Å². The van der Waals surface area contributed by atoms with Crippen LogP contribution in [0.2, 0.25) is 5.02 Å². The Morgan fingerprint density at radius 1 is 1.44 bits per heavy atom. The molecule has 0 saturated heterocycles. The maximum atomic E-state index is 13.2. The topological polar surface area (TPSA) is 55.6 Å². The summed E-state index contributed by atoms with van der Waals surface area (Å²) in [6, 6.07) is 4.15. The molecule has 0 atom stereocenters. The van der Waals surface area contributed by atoms with Gasteiger partial charge in [0, 0.05) is 5.02 Å². The van der Waals surface area contributed by atoms with Crippen LogP contribution < -0.4 is 5.32 Å². The first-order valence-electron chi connectivity index (χ1n) is 4.59. The van der Waals surface area contributed by atoms with Gasteiger partial charge in [-0.05, 0) is 35.7 Å². The molecule has 2 aromatic rings. The average molecular weight is 242 g/mol. The molecule has 0 radical (unpaired) electrons. The molecule has 1 aromatic carbocycles. The van der Waals surface area contributed by atoms with E-state index in [1.165, 1.54) is 16.8 Å². The highest BCUT2D eigenvalue weighted by Crippen LogP contribution is 2.17. The molecule has 0 bridgehead atoms. The number of nitrogens with one attached hydrogen (secondary N) is 1. The Morgan fingerprint density at radius 3 is 2.94 bits per heavy atom. The molecule has 1 N–H and O–H groups in total. The molecule has 5 nitrogen and oxygen atoms in total. The molecular weight excluding hydrogens is 233 g/mol. The van der Waals surface area contributed by atoms with Crippen molar-refractivity contribution >= 4 is 11.6 Å². The SMILES string of the molecule is CNCc1nnnn1-c1cc(F)cc(Cl)c1. The van der Waals surface area contributed by atoms with Crippen LogP contribution in [0.5, 0.6) is 0 Å². The first-order chi connectivity index (χ1) is 7.70. The summed E-state index contributed by atoms with van der Waals surface area (Å²) >= 11 is 5.76. The van der Waals surface area contributed by atoms with E-state index >= 15 is 0 Å². The van der Waals surface area contributed by atoms with E-state index < -0.39 is 5.82 Å². The number of aromatic nitrogens is 4. The van der Waals surface area contributed by atoms with Crippen LogP contribution in [-0.4, -0.2) is 27.3 Å². The smallest absolute Gasteiger partial charge is 0.170 e. The van der Waals surface area contributed by atoms with Crippen molar-refractivity contribution in [1.82, 2.24) is 25.5 Å². The Hall–Kier alpha value is -1.53. The Bertz CT molecular complexity index is 478. The molecule has 7 heteroatoms. The quantitative estimate of drug-likeness (QED) is 0.877. The molecule has 1 aromatic heterocycles. The van der Waals surface area contributed by atoms with Gasteiger partial charge in [-0.3, -0.25) is 0 Å². The van der Waals surface area contributed by atoms with Crippen molar-refractivity contribution < 1.29 is 4.39 Å². The van der Waals surface area contributed by atoms with Gasteiger partial charge in [0.05, 0.1) is 12.2 Å². The van der Waals surface area contributed by atoms with Gasteiger partial charge in [0.25, 0.3) is 0 Å². The van der Waals surface area contributed by atoms with Gasteiger partial charge in [-0.25, -0.2) is 4.39 Å². The monoisotopic (exact) mass is 241 g/mol. The second-order valence-electron chi connectivity index (χ2n) is 3.16. The third-order valence-electron chi connectivity index (χ3n) is 1.96. The van der Waals surface area contributed by atoms with Crippen molar-refractivity contribution in [2.75, 3.05) is 7.05 Å². The Kier molecular flexibility index (Phi) is 3.12. The number of tetrazole rings is 1. The van der Waals surface area contributed by atoms with Crippen LogP contribution in [0.15, 0.2) is 18.2 Å². The van der Waals surface area contributed by atoms with Gasteiger partial charge in [0.2, 0.25) is 0 Å². The van der Waals surface area contributed by atoms with Crippen LogP contribution in [0.3, 0.4) is 0 Å². The predicted molar refractivity (Wildman–Crippen MR) is 56.9 cm³/mol. The van der Waals surface area contributed by atoms with E-state index in [4.69, 9.17) is 11.6 Å². The highest BCUT2D eigenvalue weighted by molar-refractivity contribution is 6.30. The van der Waals surface area contributed by atoms with Gasteiger partial charge in [-0.15, -0.1) is 5.10 Å². The predicted octanol–water partition coefficient (Wildman–Crippen LogP) is 1.17. The molecule has 0 fully saturated rings. The van der Waals surface area contributed by atoms with Gasteiger partial charge >= 0.3 is 0 Å². The number of benzene rings is 1. The summed E-state index contributed by atoms with van der Waals surface area (Å²) in [6.07, 6.45) is 0. The fourth-order valence-electron chi connectivity index (χ4n) is 1.34. The molecule has 0 aliphatic heterocycles. The van der Waals surface area contributed by atoms with E-state index in [-0.39, 0.29) is 0 Å². The highest BCUT2D eigenvalue weighted by Gasteiger charge is 2.08. The van der Waals surface area contributed by atoms with E-state index in [9.17, 15) is 4.39 Å². The number of hydrogen-bond donors (Lipinski definition) is 1. The highest BCUT2D eigenvalue weighted by atomic mass is 35.5. The Morgan fingerprint density at radius 2 is 2.25 bits per heavy atom. The van der Waals surface area contributed by atoms with Crippen molar-refractivity contribution in [1.29, 1.82) is 0 Å². The standard InChI is InChI=1S/C9H9ClFN5/c1-12-5-9-13-14-15-16(9)8-3-6(10)2-7(11)4-8/h2-4,12H,5H2,1H3. The van der Waals surface area contributed by atoms with Crippen molar-refractivity contribution in [2.24, 2.45) is 0 Å². The minimum atomic E-state index is -0.423.